The van der Waals surface area contributed by atoms with Crippen molar-refractivity contribution in [2.24, 2.45) is 0 Å². The molecular weight excluding hydrogens is 338 g/mol. The molecule has 1 aliphatic carbocycles. The van der Waals surface area contributed by atoms with Crippen LogP contribution in [0.3, 0.4) is 0 Å². The highest BCUT2D eigenvalue weighted by molar-refractivity contribution is 7.91. The second-order valence-electron chi connectivity index (χ2n) is 6.22. The van der Waals surface area contributed by atoms with Crippen molar-refractivity contribution in [3.63, 3.8) is 0 Å². The Morgan fingerprint density at radius 1 is 1.43 bits per heavy atom. The van der Waals surface area contributed by atoms with Gasteiger partial charge in [-0.25, -0.2) is 8.42 Å². The molecule has 3 heterocycles. The quantitative estimate of drug-likeness (QED) is 0.895. The van der Waals surface area contributed by atoms with E-state index in [-0.39, 0.29) is 25.4 Å². The van der Waals surface area contributed by atoms with Crippen LogP contribution in [0.5, 0.6) is 0 Å². The van der Waals surface area contributed by atoms with Crippen molar-refractivity contribution < 1.29 is 18.0 Å². The van der Waals surface area contributed by atoms with Crippen LogP contribution in [0.1, 0.15) is 41.8 Å². The summed E-state index contributed by atoms with van der Waals surface area (Å²) in [5.74, 6) is 1.06. The van der Waals surface area contributed by atoms with Gasteiger partial charge in [-0.15, -0.1) is 11.3 Å². The first-order chi connectivity index (χ1) is 10.9. The van der Waals surface area contributed by atoms with Crippen LogP contribution in [0.15, 0.2) is 20.9 Å². The predicted octanol–water partition coefficient (Wildman–Crippen LogP) is 1.60. The number of aromatic nitrogens is 2. The lowest BCUT2D eigenvalue weighted by atomic mass is 10.0. The summed E-state index contributed by atoms with van der Waals surface area (Å²) in [5.41, 5.74) is -1.40. The molecular formula is C14H17N3O4S2. The lowest BCUT2D eigenvalue weighted by Gasteiger charge is -2.19. The zero-order valence-corrected chi connectivity index (χ0v) is 14.2. The van der Waals surface area contributed by atoms with Gasteiger partial charge in [-0.1, -0.05) is 5.16 Å². The average molecular weight is 355 g/mol. The summed E-state index contributed by atoms with van der Waals surface area (Å²) in [6, 6.07) is 3.38. The Balaban J connectivity index is 1.57. The third-order valence-electron chi connectivity index (χ3n) is 4.30. The molecule has 0 amide bonds. The van der Waals surface area contributed by atoms with E-state index >= 15 is 0 Å². The minimum atomic E-state index is -3.59. The molecule has 0 unspecified atom stereocenters. The minimum absolute atomic E-state index is 0.0570. The van der Waals surface area contributed by atoms with Gasteiger partial charge >= 0.3 is 0 Å². The van der Waals surface area contributed by atoms with Crippen LogP contribution in [0, 0.1) is 6.92 Å². The topological polar surface area (TPSA) is 96.5 Å². The standard InChI is InChI=1S/C14H17N3O4S2/c1-9-2-5-11(22-9)23(19,20)17-7-6-14(18,8-17)13-15-12(16-21-13)10-3-4-10/h2,5,10,18H,3-4,6-8H2,1H3/t14-/m0/s1. The molecule has 9 heteroatoms. The summed E-state index contributed by atoms with van der Waals surface area (Å²) < 4.78 is 32.1. The molecule has 1 N–H and O–H groups in total. The first-order valence-electron chi connectivity index (χ1n) is 7.51. The van der Waals surface area contributed by atoms with Gasteiger partial charge in [0, 0.05) is 23.8 Å². The summed E-state index contributed by atoms with van der Waals surface area (Å²) >= 11 is 1.23. The highest BCUT2D eigenvalue weighted by Gasteiger charge is 2.47. The normalized spacial score (nSPS) is 26.0. The van der Waals surface area contributed by atoms with Crippen molar-refractivity contribution in [2.45, 2.75) is 41.9 Å². The number of β-amino-alcohol motifs (C(OH)–C–C–N with tert-alkyl or cyclic N) is 1. The van der Waals surface area contributed by atoms with Crippen molar-refractivity contribution in [2.75, 3.05) is 13.1 Å². The summed E-state index contributed by atoms with van der Waals surface area (Å²) in [4.78, 5) is 5.21. The van der Waals surface area contributed by atoms with Gasteiger partial charge in [0.1, 0.15) is 4.21 Å². The van der Waals surface area contributed by atoms with Gasteiger partial charge in [-0.2, -0.15) is 9.29 Å². The third kappa shape index (κ3) is 2.61. The first kappa shape index (κ1) is 15.3. The molecule has 1 aliphatic heterocycles. The average Bonchev–Trinajstić information content (AvgIpc) is 2.93. The maximum atomic E-state index is 12.6. The van der Waals surface area contributed by atoms with Gasteiger partial charge < -0.3 is 9.63 Å². The van der Waals surface area contributed by atoms with Crippen molar-refractivity contribution in [1.82, 2.24) is 14.4 Å². The molecule has 124 valence electrons. The molecule has 23 heavy (non-hydrogen) atoms. The molecule has 0 aromatic carbocycles. The molecule has 1 atom stereocenters. The molecule has 4 rings (SSSR count). The number of nitrogens with zero attached hydrogens (tertiary/aromatic N) is 3. The van der Waals surface area contributed by atoms with E-state index in [0.717, 1.165) is 17.7 Å². The summed E-state index contributed by atoms with van der Waals surface area (Å²) in [5, 5.41) is 14.7. The van der Waals surface area contributed by atoms with Crippen LogP contribution >= 0.6 is 11.3 Å². The number of hydrogen-bond acceptors (Lipinski definition) is 7. The molecule has 2 aromatic rings. The zero-order chi connectivity index (χ0) is 16.2. The van der Waals surface area contributed by atoms with Crippen molar-refractivity contribution in [1.29, 1.82) is 0 Å². The van der Waals surface area contributed by atoms with Crippen LogP contribution in [0.4, 0.5) is 0 Å². The molecule has 7 nitrogen and oxygen atoms in total. The van der Waals surface area contributed by atoms with E-state index in [9.17, 15) is 13.5 Å². The minimum Gasteiger partial charge on any atom is -0.379 e. The van der Waals surface area contributed by atoms with E-state index in [1.807, 2.05) is 6.92 Å². The molecule has 0 spiro atoms. The fourth-order valence-electron chi connectivity index (χ4n) is 2.75. The first-order valence-corrected chi connectivity index (χ1v) is 9.77. The van der Waals surface area contributed by atoms with Gasteiger partial charge in [0.05, 0.1) is 6.54 Å². The number of sulfonamides is 1. The second kappa shape index (κ2) is 5.10. The largest absolute Gasteiger partial charge is 0.379 e. The van der Waals surface area contributed by atoms with E-state index in [1.54, 1.807) is 12.1 Å². The van der Waals surface area contributed by atoms with Crippen LogP contribution in [0.2, 0.25) is 0 Å². The lowest BCUT2D eigenvalue weighted by Crippen LogP contribution is -2.34. The van der Waals surface area contributed by atoms with Gasteiger partial charge in [0.25, 0.3) is 15.9 Å². The molecule has 0 bridgehead atoms. The molecule has 2 fully saturated rings. The Bertz CT molecular complexity index is 840. The van der Waals surface area contributed by atoms with Crippen LogP contribution in [-0.4, -0.2) is 41.1 Å². The summed E-state index contributed by atoms with van der Waals surface area (Å²) in [6.07, 6.45) is 2.33. The molecule has 1 saturated carbocycles. The Hall–Kier alpha value is -1.29. The SMILES string of the molecule is Cc1ccc(S(=O)(=O)N2CC[C@@](O)(c3nc(C4CC4)no3)C2)s1. The number of aliphatic hydroxyl groups is 1. The summed E-state index contributed by atoms with van der Waals surface area (Å²) in [6.45, 7) is 2.04. The molecule has 2 aromatic heterocycles. The van der Waals surface area contributed by atoms with Gasteiger partial charge in [0.15, 0.2) is 11.4 Å². The van der Waals surface area contributed by atoms with Crippen LogP contribution in [0.25, 0.3) is 0 Å². The molecule has 2 aliphatic rings. The Kier molecular flexibility index (Phi) is 3.38. The highest BCUT2D eigenvalue weighted by Crippen LogP contribution is 2.40. The fourth-order valence-corrected chi connectivity index (χ4v) is 5.68. The van der Waals surface area contributed by atoms with E-state index < -0.39 is 15.6 Å². The van der Waals surface area contributed by atoms with Crippen molar-refractivity contribution in [3.05, 3.63) is 28.7 Å². The fraction of sp³-hybridized carbons (Fsp3) is 0.571. The number of hydrogen-bond donors (Lipinski definition) is 1. The van der Waals surface area contributed by atoms with Gasteiger partial charge in [-0.3, -0.25) is 0 Å². The van der Waals surface area contributed by atoms with Crippen LogP contribution in [-0.2, 0) is 15.6 Å². The van der Waals surface area contributed by atoms with E-state index in [2.05, 4.69) is 10.1 Å². The van der Waals surface area contributed by atoms with E-state index in [1.165, 1.54) is 15.6 Å². The maximum Gasteiger partial charge on any atom is 0.260 e. The maximum absolute atomic E-state index is 12.6. The summed E-state index contributed by atoms with van der Waals surface area (Å²) in [7, 11) is -3.59. The molecule has 0 radical (unpaired) electrons. The number of aryl methyl sites for hydroxylation is 1. The van der Waals surface area contributed by atoms with E-state index in [0.29, 0.717) is 16.0 Å². The lowest BCUT2D eigenvalue weighted by molar-refractivity contribution is 0.0194. The smallest absolute Gasteiger partial charge is 0.260 e. The predicted molar refractivity (Wildman–Crippen MR) is 82.6 cm³/mol. The van der Waals surface area contributed by atoms with Gasteiger partial charge in [0.2, 0.25) is 0 Å². The Morgan fingerprint density at radius 3 is 2.87 bits per heavy atom. The Morgan fingerprint density at radius 2 is 2.22 bits per heavy atom. The third-order valence-corrected chi connectivity index (χ3v) is 7.62. The van der Waals surface area contributed by atoms with Crippen LogP contribution < -0.4 is 0 Å². The second-order valence-corrected chi connectivity index (χ2v) is 9.67. The number of rotatable bonds is 4. The Labute approximate surface area is 138 Å². The van der Waals surface area contributed by atoms with Gasteiger partial charge in [-0.05, 0) is 31.9 Å². The number of thiophene rings is 1. The highest BCUT2D eigenvalue weighted by atomic mass is 32.2. The zero-order valence-electron chi connectivity index (χ0n) is 12.6. The monoisotopic (exact) mass is 355 g/mol. The molecule has 1 saturated heterocycles. The van der Waals surface area contributed by atoms with E-state index in [4.69, 9.17) is 4.52 Å². The van der Waals surface area contributed by atoms with Crippen molar-refractivity contribution in [3.8, 4) is 0 Å². The van der Waals surface area contributed by atoms with Crippen molar-refractivity contribution >= 4 is 21.4 Å².